The minimum Gasteiger partial charge on any atom is -0.261 e. The van der Waals surface area contributed by atoms with Gasteiger partial charge in [0.05, 0.1) is 0 Å². The average Bonchev–Trinajstić information content (AvgIpc) is 2.15. The summed E-state index contributed by atoms with van der Waals surface area (Å²) < 4.78 is 0. The fraction of sp³-hybridized carbons (Fsp3) is 0.583. The molecule has 1 aromatic heterocycles. The zero-order chi connectivity index (χ0) is 11.0. The molecular weight excluding hydrogens is 194 g/mol. The molecule has 1 rings (SSSR count). The van der Waals surface area contributed by atoms with E-state index in [1.54, 1.807) is 6.20 Å². The molecule has 0 N–H and O–H groups in total. The van der Waals surface area contributed by atoms with Gasteiger partial charge < -0.3 is 0 Å². The van der Waals surface area contributed by atoms with Crippen LogP contribution in [0.1, 0.15) is 44.9 Å². The normalized spacial score (nSPS) is 9.21. The highest BCUT2D eigenvalue weighted by Crippen LogP contribution is 2.17. The van der Waals surface area contributed by atoms with Gasteiger partial charge in [-0.1, -0.05) is 45.2 Å². The number of hydrogen-bond acceptors (Lipinski definition) is 1. The van der Waals surface area contributed by atoms with Gasteiger partial charge in [0.1, 0.15) is 0 Å². The summed E-state index contributed by atoms with van der Waals surface area (Å²) in [6.45, 7) is 8.41. The van der Waals surface area contributed by atoms with E-state index in [9.17, 15) is 0 Å². The lowest BCUT2D eigenvalue weighted by Gasteiger charge is -2.03. The molecule has 0 aliphatic rings. The van der Waals surface area contributed by atoms with Crippen molar-refractivity contribution in [2.45, 2.75) is 47.0 Å². The summed E-state index contributed by atoms with van der Waals surface area (Å²) in [6, 6.07) is 1.83. The summed E-state index contributed by atoms with van der Waals surface area (Å²) in [7, 11) is 0. The third-order valence-electron chi connectivity index (χ3n) is 1.73. The van der Waals surface area contributed by atoms with Crippen molar-refractivity contribution in [3.63, 3.8) is 0 Å². The molecule has 0 spiro atoms. The SMILES string of the molecule is CCC.CCCc1nccc(Cl)c1C. The highest BCUT2D eigenvalue weighted by Gasteiger charge is 2.00. The lowest BCUT2D eigenvalue weighted by atomic mass is 10.1. The Morgan fingerprint density at radius 1 is 1.29 bits per heavy atom. The molecule has 2 heteroatoms. The van der Waals surface area contributed by atoms with Crippen LogP contribution >= 0.6 is 11.6 Å². The first-order chi connectivity index (χ1) is 6.67. The van der Waals surface area contributed by atoms with E-state index < -0.39 is 0 Å². The predicted octanol–water partition coefficient (Wildman–Crippen LogP) is 4.41. The molecule has 1 nitrogen and oxygen atoms in total. The fourth-order valence-corrected chi connectivity index (χ4v) is 1.21. The van der Waals surface area contributed by atoms with E-state index in [1.165, 1.54) is 6.42 Å². The smallest absolute Gasteiger partial charge is 0.0468 e. The third-order valence-corrected chi connectivity index (χ3v) is 2.14. The minimum atomic E-state index is 0.823. The molecule has 14 heavy (non-hydrogen) atoms. The lowest BCUT2D eigenvalue weighted by Crippen LogP contribution is -1.92. The third kappa shape index (κ3) is 4.61. The average molecular weight is 214 g/mol. The topological polar surface area (TPSA) is 12.9 Å². The van der Waals surface area contributed by atoms with Gasteiger partial charge in [0.25, 0.3) is 0 Å². The number of nitrogens with zero attached hydrogens (tertiary/aromatic N) is 1. The van der Waals surface area contributed by atoms with Crippen molar-refractivity contribution in [1.82, 2.24) is 4.98 Å². The standard InChI is InChI=1S/C9H12ClN.C3H8/c1-3-4-9-7(2)8(10)5-6-11-9;1-3-2/h5-6H,3-4H2,1-2H3;3H2,1-2H3. The molecule has 0 bridgehead atoms. The van der Waals surface area contributed by atoms with E-state index in [-0.39, 0.29) is 0 Å². The van der Waals surface area contributed by atoms with Crippen LogP contribution in [0.5, 0.6) is 0 Å². The molecule has 0 unspecified atom stereocenters. The van der Waals surface area contributed by atoms with Gasteiger partial charge in [-0.25, -0.2) is 0 Å². The van der Waals surface area contributed by atoms with Crippen molar-refractivity contribution in [2.24, 2.45) is 0 Å². The summed E-state index contributed by atoms with van der Waals surface area (Å²) in [5.41, 5.74) is 2.25. The molecule has 0 aliphatic heterocycles. The highest BCUT2D eigenvalue weighted by molar-refractivity contribution is 6.31. The van der Waals surface area contributed by atoms with Crippen molar-refractivity contribution in [2.75, 3.05) is 0 Å². The number of pyridine rings is 1. The van der Waals surface area contributed by atoms with Gasteiger partial charge in [-0.15, -0.1) is 0 Å². The first-order valence-corrected chi connectivity index (χ1v) is 5.65. The van der Waals surface area contributed by atoms with E-state index in [1.807, 2.05) is 13.0 Å². The Kier molecular flexibility index (Phi) is 7.50. The summed E-state index contributed by atoms with van der Waals surface area (Å²) in [6.07, 6.45) is 5.15. The van der Waals surface area contributed by atoms with Crippen molar-refractivity contribution < 1.29 is 0 Å². The van der Waals surface area contributed by atoms with Gasteiger partial charge in [0.15, 0.2) is 0 Å². The Hall–Kier alpha value is -0.560. The zero-order valence-electron chi connectivity index (χ0n) is 9.60. The molecule has 80 valence electrons. The lowest BCUT2D eigenvalue weighted by molar-refractivity contribution is 0.871. The van der Waals surface area contributed by atoms with Gasteiger partial charge in [-0.05, 0) is 25.0 Å². The van der Waals surface area contributed by atoms with Crippen LogP contribution in [-0.4, -0.2) is 4.98 Å². The maximum Gasteiger partial charge on any atom is 0.0468 e. The summed E-state index contributed by atoms with van der Waals surface area (Å²) in [4.78, 5) is 4.24. The van der Waals surface area contributed by atoms with E-state index >= 15 is 0 Å². The molecule has 0 fully saturated rings. The van der Waals surface area contributed by atoms with Gasteiger partial charge in [0.2, 0.25) is 0 Å². The number of halogens is 1. The van der Waals surface area contributed by atoms with Crippen LogP contribution in [0.25, 0.3) is 0 Å². The van der Waals surface area contributed by atoms with Gasteiger partial charge in [-0.3, -0.25) is 4.98 Å². The van der Waals surface area contributed by atoms with E-state index in [4.69, 9.17) is 11.6 Å². The van der Waals surface area contributed by atoms with Crippen molar-refractivity contribution in [3.05, 3.63) is 28.5 Å². The molecular formula is C12H20ClN. The minimum absolute atomic E-state index is 0.823. The second-order valence-corrected chi connectivity index (χ2v) is 3.73. The molecule has 0 amide bonds. The molecule has 0 aromatic carbocycles. The summed E-state index contributed by atoms with van der Waals surface area (Å²) in [5, 5.41) is 0.823. The number of aryl methyl sites for hydroxylation is 1. The van der Waals surface area contributed by atoms with Gasteiger partial charge >= 0.3 is 0 Å². The van der Waals surface area contributed by atoms with Crippen LogP contribution in [-0.2, 0) is 6.42 Å². The Bertz CT molecular complexity index is 258. The van der Waals surface area contributed by atoms with Crippen LogP contribution in [0.15, 0.2) is 12.3 Å². The fourth-order valence-electron chi connectivity index (χ4n) is 1.04. The molecule has 1 heterocycles. The van der Waals surface area contributed by atoms with Crippen LogP contribution < -0.4 is 0 Å². The molecule has 1 aromatic rings. The predicted molar refractivity (Wildman–Crippen MR) is 63.9 cm³/mol. The highest BCUT2D eigenvalue weighted by atomic mass is 35.5. The van der Waals surface area contributed by atoms with Crippen molar-refractivity contribution >= 4 is 11.6 Å². The van der Waals surface area contributed by atoms with E-state index in [0.29, 0.717) is 0 Å². The molecule has 0 saturated carbocycles. The Labute approximate surface area is 92.5 Å². The van der Waals surface area contributed by atoms with Gasteiger partial charge in [0, 0.05) is 16.9 Å². The van der Waals surface area contributed by atoms with Crippen LogP contribution in [0.3, 0.4) is 0 Å². The largest absolute Gasteiger partial charge is 0.261 e. The number of hydrogen-bond donors (Lipinski definition) is 0. The number of rotatable bonds is 2. The summed E-state index contributed by atoms with van der Waals surface area (Å²) >= 11 is 5.91. The molecule has 0 aliphatic carbocycles. The van der Waals surface area contributed by atoms with Crippen LogP contribution in [0.2, 0.25) is 5.02 Å². The second kappa shape index (κ2) is 7.81. The Balaban J connectivity index is 0.000000500. The van der Waals surface area contributed by atoms with Crippen molar-refractivity contribution in [1.29, 1.82) is 0 Å². The first-order valence-electron chi connectivity index (χ1n) is 5.27. The van der Waals surface area contributed by atoms with E-state index in [0.717, 1.165) is 29.1 Å². The maximum absolute atomic E-state index is 5.91. The Morgan fingerprint density at radius 3 is 2.36 bits per heavy atom. The monoisotopic (exact) mass is 213 g/mol. The van der Waals surface area contributed by atoms with Crippen molar-refractivity contribution in [3.8, 4) is 0 Å². The molecule has 0 atom stereocenters. The van der Waals surface area contributed by atoms with Crippen LogP contribution in [0, 0.1) is 6.92 Å². The quantitative estimate of drug-likeness (QED) is 0.709. The van der Waals surface area contributed by atoms with Gasteiger partial charge in [-0.2, -0.15) is 0 Å². The maximum atomic E-state index is 5.91. The first kappa shape index (κ1) is 13.4. The van der Waals surface area contributed by atoms with Crippen LogP contribution in [0.4, 0.5) is 0 Å². The van der Waals surface area contributed by atoms with E-state index in [2.05, 4.69) is 25.8 Å². The second-order valence-electron chi connectivity index (χ2n) is 3.32. The Morgan fingerprint density at radius 2 is 1.86 bits per heavy atom. The molecule has 0 radical (unpaired) electrons. The molecule has 0 saturated heterocycles. The summed E-state index contributed by atoms with van der Waals surface area (Å²) in [5.74, 6) is 0. The number of aromatic nitrogens is 1. The zero-order valence-corrected chi connectivity index (χ0v) is 10.4.